The highest BCUT2D eigenvalue weighted by molar-refractivity contribution is 7.92. The molecular weight excluding hydrogens is 1220 g/mol. The Hall–Kier alpha value is -7.51. The van der Waals surface area contributed by atoms with Crippen LogP contribution in [-0.4, -0.2) is 111 Å². The lowest BCUT2D eigenvalue weighted by Crippen LogP contribution is -2.41. The van der Waals surface area contributed by atoms with Gasteiger partial charge in [0.05, 0.1) is 77.6 Å². The lowest BCUT2D eigenvalue weighted by atomic mass is 9.77. The molecule has 0 radical (unpaired) electrons. The highest BCUT2D eigenvalue weighted by atomic mass is 35.5. The van der Waals surface area contributed by atoms with Crippen molar-refractivity contribution < 1.29 is 62.8 Å². The molecule has 1 fully saturated rings. The van der Waals surface area contributed by atoms with Crippen molar-refractivity contribution in [1.82, 2.24) is 20.6 Å². The molecule has 4 aromatic carbocycles. The van der Waals surface area contributed by atoms with E-state index in [0.29, 0.717) is 73.4 Å². The summed E-state index contributed by atoms with van der Waals surface area (Å²) in [6.45, 7) is 12.5. The van der Waals surface area contributed by atoms with Crippen molar-refractivity contribution in [3.8, 4) is 33.9 Å². The first-order valence-electron chi connectivity index (χ1n) is 26.4. The molecule has 4 aromatic heterocycles. The fourth-order valence-corrected chi connectivity index (χ4v) is 10.2. The second-order valence-electron chi connectivity index (χ2n) is 20.2. The van der Waals surface area contributed by atoms with E-state index in [1.807, 2.05) is 41.5 Å². The van der Waals surface area contributed by atoms with Crippen molar-refractivity contribution in [2.24, 2.45) is 0 Å². The monoisotopic (exact) mass is 1280 g/mol. The van der Waals surface area contributed by atoms with Gasteiger partial charge in [0.2, 0.25) is 20.0 Å². The van der Waals surface area contributed by atoms with Gasteiger partial charge in [0.15, 0.2) is 0 Å². The predicted octanol–water partition coefficient (Wildman–Crippen LogP) is 12.4. The SMILES string of the molecule is CCO/C=C/c1ccc(-c2cc3c(C(=O)NC)c(-c4ccc(F)cc4)oc3cc2N(C)S(C)(=O)=O)nc1Cl.CCO/C=C/c1ccc(Cl)nc1Cl.CNC(=O)c1c(-c2ccc(F)cc2)oc2cc(N(C)S(C)(=O)=O)c(B3OC(C)(C)C(C)(C)O3)cc12. The van der Waals surface area contributed by atoms with E-state index in [0.717, 1.165) is 26.7 Å². The quantitative estimate of drug-likeness (QED) is 0.0522. The Labute approximate surface area is 513 Å². The van der Waals surface area contributed by atoms with E-state index >= 15 is 0 Å². The van der Waals surface area contributed by atoms with E-state index in [-0.39, 0.29) is 44.7 Å². The van der Waals surface area contributed by atoms with Gasteiger partial charge in [-0.3, -0.25) is 18.2 Å². The van der Waals surface area contributed by atoms with Crippen LogP contribution in [0, 0.1) is 11.6 Å². The molecule has 2 amide bonds. The minimum Gasteiger partial charge on any atom is -0.501 e. The topological polar surface area (TPSA) is 222 Å². The molecule has 18 nitrogen and oxygen atoms in total. The van der Waals surface area contributed by atoms with Crippen molar-refractivity contribution in [2.45, 2.75) is 52.7 Å². The number of hydrogen-bond donors (Lipinski definition) is 2. The molecule has 8 aromatic rings. The summed E-state index contributed by atoms with van der Waals surface area (Å²) in [4.78, 5) is 34.3. The lowest BCUT2D eigenvalue weighted by Gasteiger charge is -2.32. The van der Waals surface area contributed by atoms with E-state index < -0.39 is 61.8 Å². The minimum atomic E-state index is -3.69. The number of fused-ring (bicyclic) bond motifs is 2. The molecule has 0 saturated carbocycles. The molecular formula is C60H62BCl3F2N6O12S2. The third kappa shape index (κ3) is 14.8. The summed E-state index contributed by atoms with van der Waals surface area (Å²) in [7, 11) is -2.43. The zero-order valence-electron chi connectivity index (χ0n) is 48.9. The lowest BCUT2D eigenvalue weighted by molar-refractivity contribution is 0.00578. The number of aromatic nitrogens is 2. The Balaban J connectivity index is 0.000000204. The summed E-state index contributed by atoms with van der Waals surface area (Å²) in [5.41, 5.74) is 3.80. The van der Waals surface area contributed by atoms with E-state index in [1.165, 1.54) is 89.1 Å². The number of furan rings is 2. The molecule has 9 rings (SSSR count). The van der Waals surface area contributed by atoms with Gasteiger partial charge in [-0.15, -0.1) is 0 Å². The summed E-state index contributed by atoms with van der Waals surface area (Å²) in [6.07, 6.45) is 8.67. The van der Waals surface area contributed by atoms with Crippen LogP contribution in [0.4, 0.5) is 20.2 Å². The van der Waals surface area contributed by atoms with Crippen molar-refractivity contribution >= 4 is 125 Å². The van der Waals surface area contributed by atoms with Crippen LogP contribution >= 0.6 is 34.8 Å². The molecule has 26 heteroatoms. The van der Waals surface area contributed by atoms with Gasteiger partial charge in [-0.2, -0.15) is 0 Å². The average Bonchev–Trinajstić information content (AvgIpc) is 4.23. The fourth-order valence-electron chi connectivity index (χ4n) is 8.55. The number of carbonyl (C=O) groups is 2. The van der Waals surface area contributed by atoms with Gasteiger partial charge < -0.3 is 38.3 Å². The van der Waals surface area contributed by atoms with Gasteiger partial charge in [-0.1, -0.05) is 34.8 Å². The van der Waals surface area contributed by atoms with E-state index in [9.17, 15) is 35.2 Å². The number of ether oxygens (including phenoxy) is 2. The van der Waals surface area contributed by atoms with Crippen molar-refractivity contribution in [3.05, 3.63) is 159 Å². The largest absolute Gasteiger partial charge is 0.501 e. The summed E-state index contributed by atoms with van der Waals surface area (Å²) in [5.74, 6) is -1.25. The summed E-state index contributed by atoms with van der Waals surface area (Å²) in [5, 5.41) is 7.03. The van der Waals surface area contributed by atoms with Gasteiger partial charge in [0.25, 0.3) is 11.8 Å². The Morgan fingerprint density at radius 1 is 0.628 bits per heavy atom. The molecule has 0 unspecified atom stereocenters. The zero-order chi connectivity index (χ0) is 63.2. The molecule has 0 spiro atoms. The third-order valence-electron chi connectivity index (χ3n) is 14.0. The molecule has 0 aliphatic carbocycles. The van der Waals surface area contributed by atoms with Crippen LogP contribution in [0.2, 0.25) is 15.5 Å². The van der Waals surface area contributed by atoms with Crippen LogP contribution in [0.25, 0.3) is 68.0 Å². The maximum Gasteiger partial charge on any atom is 0.497 e. The van der Waals surface area contributed by atoms with Gasteiger partial charge >= 0.3 is 7.12 Å². The molecule has 454 valence electrons. The number of pyridine rings is 2. The van der Waals surface area contributed by atoms with Crippen molar-refractivity contribution in [3.63, 3.8) is 0 Å². The molecule has 1 aliphatic rings. The smallest absolute Gasteiger partial charge is 0.497 e. The second-order valence-corrected chi connectivity index (χ2v) is 25.3. The fraction of sp³-hybridized carbons (Fsp3) is 0.267. The molecule has 2 N–H and O–H groups in total. The first-order valence-corrected chi connectivity index (χ1v) is 31.2. The molecule has 0 bridgehead atoms. The first kappa shape index (κ1) is 66.0. The maximum absolute atomic E-state index is 13.6. The normalized spacial score (nSPS) is 13.8. The van der Waals surface area contributed by atoms with Crippen LogP contribution in [0.1, 0.15) is 73.4 Å². The van der Waals surface area contributed by atoms with Gasteiger partial charge in [0, 0.05) is 84.4 Å². The third-order valence-corrected chi connectivity index (χ3v) is 17.2. The zero-order valence-corrected chi connectivity index (χ0v) is 52.8. The Bertz CT molecular complexity index is 4110. The first-order chi connectivity index (χ1) is 40.4. The highest BCUT2D eigenvalue weighted by Crippen LogP contribution is 2.43. The average molecular weight is 1280 g/mol. The predicted molar refractivity (Wildman–Crippen MR) is 336 cm³/mol. The number of halogens is 5. The summed E-state index contributed by atoms with van der Waals surface area (Å²) >= 11 is 17.9. The van der Waals surface area contributed by atoms with E-state index in [4.69, 9.17) is 62.4 Å². The van der Waals surface area contributed by atoms with Crippen LogP contribution in [-0.2, 0) is 38.8 Å². The standard InChI is InChI=1S/C27H25ClFN3O5S.C24H28BFN2O6S.C9H9Cl2NO/c1-5-36-13-12-17-8-11-21(31-26(17)28)19-14-20-23(15-22(19)32(3)38(4,34)35)37-25(24(20)27(33)30-2)16-6-9-18(29)10-7-16;1-23(2)24(3,4)34-25(33-23)17-12-16-19(13-18(17)28(6)35(7,30)31)32-21(20(16)22(29)27-5)14-8-10-15(26)11-9-14;1-2-13-6-5-7-3-4-8(10)12-9(7)11/h6-15H,5H2,1-4H3,(H,30,33);8-13H,1-7H3,(H,27,29);3-6H,2H2,1H3/b13-12+;;6-5+. The summed E-state index contributed by atoms with van der Waals surface area (Å²) in [6, 6.07) is 24.4. The van der Waals surface area contributed by atoms with Crippen LogP contribution in [0.5, 0.6) is 0 Å². The number of nitrogens with zero attached hydrogens (tertiary/aromatic N) is 4. The number of sulfonamides is 2. The Morgan fingerprint density at radius 2 is 1.05 bits per heavy atom. The summed E-state index contributed by atoms with van der Waals surface area (Å²) < 4.78 is 114. The Morgan fingerprint density at radius 3 is 1.47 bits per heavy atom. The van der Waals surface area contributed by atoms with Gasteiger partial charge in [-0.25, -0.2) is 35.6 Å². The van der Waals surface area contributed by atoms with Crippen LogP contribution in [0.15, 0.2) is 118 Å². The van der Waals surface area contributed by atoms with Gasteiger partial charge in [-0.05, 0) is 139 Å². The van der Waals surface area contributed by atoms with E-state index in [1.54, 1.807) is 60.9 Å². The number of carbonyl (C=O) groups excluding carboxylic acids is 2. The number of rotatable bonds is 16. The van der Waals surface area contributed by atoms with Crippen LogP contribution in [0.3, 0.4) is 0 Å². The minimum absolute atomic E-state index is 0.178. The molecule has 86 heavy (non-hydrogen) atoms. The maximum atomic E-state index is 13.6. The number of amides is 2. The number of nitrogens with one attached hydrogen (secondary N) is 2. The Kier molecular flexibility index (Phi) is 20.8. The number of anilines is 2. The van der Waals surface area contributed by atoms with Gasteiger partial charge in [0.1, 0.15) is 49.8 Å². The molecule has 1 aliphatic heterocycles. The molecule has 1 saturated heterocycles. The molecule has 0 atom stereocenters. The number of hydrogen-bond acceptors (Lipinski definition) is 14. The highest BCUT2D eigenvalue weighted by Gasteiger charge is 2.53. The number of benzene rings is 4. The van der Waals surface area contributed by atoms with Crippen molar-refractivity contribution in [1.29, 1.82) is 0 Å². The second kappa shape index (κ2) is 27.0. The van der Waals surface area contributed by atoms with Crippen LogP contribution < -0.4 is 24.7 Å². The molecule has 5 heterocycles. The van der Waals surface area contributed by atoms with E-state index in [2.05, 4.69) is 20.6 Å². The van der Waals surface area contributed by atoms with Crippen molar-refractivity contribution in [2.75, 3.05) is 62.5 Å².